The lowest BCUT2D eigenvalue weighted by molar-refractivity contribution is 0.104. The zero-order valence-corrected chi connectivity index (χ0v) is 18.2. The van der Waals surface area contributed by atoms with E-state index in [1.807, 2.05) is 12.1 Å². The molecule has 2 saturated carbocycles. The summed E-state index contributed by atoms with van der Waals surface area (Å²) in [6.07, 6.45) is 13.7. The average Bonchev–Trinajstić information content (AvgIpc) is 3.23. The number of hydrogen-bond donors (Lipinski definition) is 1. The van der Waals surface area contributed by atoms with Crippen molar-refractivity contribution in [3.05, 3.63) is 59.0 Å². The summed E-state index contributed by atoms with van der Waals surface area (Å²) >= 11 is 6.23. The number of furan rings is 1. The predicted octanol–water partition coefficient (Wildman–Crippen LogP) is 6.40. The third-order valence-corrected chi connectivity index (χ3v) is 7.34. The summed E-state index contributed by atoms with van der Waals surface area (Å²) in [6, 6.07) is 13.4. The number of nitrogens with two attached hydrogens (primary N) is 1. The largest absolute Gasteiger partial charge is 0.468 e. The van der Waals surface area contributed by atoms with E-state index in [0.29, 0.717) is 12.1 Å². The van der Waals surface area contributed by atoms with Gasteiger partial charge < -0.3 is 10.2 Å². The van der Waals surface area contributed by atoms with Crippen molar-refractivity contribution in [1.82, 2.24) is 4.90 Å². The van der Waals surface area contributed by atoms with Gasteiger partial charge >= 0.3 is 0 Å². The monoisotopic (exact) mass is 414 g/mol. The fourth-order valence-electron chi connectivity index (χ4n) is 5.43. The fraction of sp³-hybridized carbons (Fsp3) is 0.600. The van der Waals surface area contributed by atoms with Crippen molar-refractivity contribution in [2.24, 2.45) is 17.6 Å². The number of benzene rings is 1. The van der Waals surface area contributed by atoms with Gasteiger partial charge in [-0.2, -0.15) is 0 Å². The highest BCUT2D eigenvalue weighted by molar-refractivity contribution is 6.30. The number of rotatable bonds is 7. The molecule has 4 rings (SSSR count). The normalized spacial score (nSPS) is 28.0. The van der Waals surface area contributed by atoms with E-state index in [0.717, 1.165) is 35.7 Å². The van der Waals surface area contributed by atoms with Gasteiger partial charge in [0.1, 0.15) is 5.76 Å². The lowest BCUT2D eigenvalue weighted by atomic mass is 9.75. The summed E-state index contributed by atoms with van der Waals surface area (Å²) < 4.78 is 5.67. The molecular formula is C25H35ClN2O. The first-order valence-electron chi connectivity index (χ1n) is 11.4. The maximum Gasteiger partial charge on any atom is 0.117 e. The Labute approximate surface area is 180 Å². The molecule has 0 amide bonds. The number of nitrogens with zero attached hydrogens (tertiary/aromatic N) is 1. The van der Waals surface area contributed by atoms with Crippen LogP contribution in [-0.2, 0) is 13.1 Å². The maximum atomic E-state index is 6.23. The topological polar surface area (TPSA) is 42.4 Å². The van der Waals surface area contributed by atoms with Gasteiger partial charge in [-0.05, 0) is 99.5 Å². The van der Waals surface area contributed by atoms with Crippen LogP contribution in [0.2, 0.25) is 5.02 Å². The van der Waals surface area contributed by atoms with E-state index < -0.39 is 0 Å². The third kappa shape index (κ3) is 6.10. The molecule has 0 bridgehead atoms. The Morgan fingerprint density at radius 1 is 0.897 bits per heavy atom. The van der Waals surface area contributed by atoms with E-state index in [-0.39, 0.29) is 0 Å². The van der Waals surface area contributed by atoms with Gasteiger partial charge in [0, 0.05) is 23.7 Å². The molecule has 158 valence electrons. The Morgan fingerprint density at radius 3 is 2.28 bits per heavy atom. The van der Waals surface area contributed by atoms with E-state index in [2.05, 4.69) is 29.2 Å². The quantitative estimate of drug-likeness (QED) is 0.569. The van der Waals surface area contributed by atoms with Crippen LogP contribution in [0.15, 0.2) is 47.1 Å². The molecule has 29 heavy (non-hydrogen) atoms. The first kappa shape index (κ1) is 21.0. The molecule has 2 N–H and O–H groups in total. The molecule has 2 fully saturated rings. The molecule has 2 aliphatic carbocycles. The molecule has 0 spiro atoms. The van der Waals surface area contributed by atoms with E-state index in [1.54, 1.807) is 6.26 Å². The van der Waals surface area contributed by atoms with Crippen molar-refractivity contribution in [1.29, 1.82) is 0 Å². The highest BCUT2D eigenvalue weighted by Crippen LogP contribution is 2.37. The average molecular weight is 415 g/mol. The van der Waals surface area contributed by atoms with Gasteiger partial charge in [0.25, 0.3) is 0 Å². The van der Waals surface area contributed by atoms with Crippen molar-refractivity contribution >= 4 is 11.6 Å². The van der Waals surface area contributed by atoms with Crippen LogP contribution in [0.5, 0.6) is 0 Å². The third-order valence-electron chi connectivity index (χ3n) is 7.10. The molecule has 0 saturated heterocycles. The zero-order chi connectivity index (χ0) is 20.1. The van der Waals surface area contributed by atoms with E-state index >= 15 is 0 Å². The van der Waals surface area contributed by atoms with Crippen LogP contribution in [0.4, 0.5) is 0 Å². The standard InChI is InChI=1S/C25H35ClN2O/c26-22-4-1-3-21(16-22)17-28(18-25-5-2-14-29-25)24-12-8-20(9-13-24)15-19-6-10-23(27)11-7-19/h1-5,14,16,19-20,23-24H,6-13,15,17-18,27H2. The molecule has 1 heterocycles. The summed E-state index contributed by atoms with van der Waals surface area (Å²) in [7, 11) is 0. The van der Waals surface area contributed by atoms with Crippen molar-refractivity contribution in [3.8, 4) is 0 Å². The van der Waals surface area contributed by atoms with Crippen molar-refractivity contribution in [2.45, 2.75) is 83.0 Å². The first-order chi connectivity index (χ1) is 14.2. The second-order valence-electron chi connectivity index (χ2n) is 9.31. The second kappa shape index (κ2) is 10.1. The van der Waals surface area contributed by atoms with Crippen molar-refractivity contribution in [2.75, 3.05) is 0 Å². The lowest BCUT2D eigenvalue weighted by Crippen LogP contribution is -2.37. The molecule has 0 atom stereocenters. The molecule has 4 heteroatoms. The van der Waals surface area contributed by atoms with Gasteiger partial charge in [-0.25, -0.2) is 0 Å². The Bertz CT molecular complexity index is 731. The molecule has 0 aliphatic heterocycles. The summed E-state index contributed by atoms with van der Waals surface area (Å²) in [5.74, 6) is 2.87. The minimum Gasteiger partial charge on any atom is -0.468 e. The second-order valence-corrected chi connectivity index (χ2v) is 9.74. The fourth-order valence-corrected chi connectivity index (χ4v) is 5.64. The molecular weight excluding hydrogens is 380 g/mol. The minimum absolute atomic E-state index is 0.462. The molecule has 1 aromatic heterocycles. The Hall–Kier alpha value is -1.29. The number of hydrogen-bond acceptors (Lipinski definition) is 3. The van der Waals surface area contributed by atoms with Gasteiger partial charge in [0.2, 0.25) is 0 Å². The molecule has 2 aromatic rings. The predicted molar refractivity (Wildman–Crippen MR) is 120 cm³/mol. The van der Waals surface area contributed by atoms with Crippen LogP contribution in [0, 0.1) is 11.8 Å². The maximum absolute atomic E-state index is 6.23. The first-order valence-corrected chi connectivity index (χ1v) is 11.8. The Balaban J connectivity index is 1.34. The van der Waals surface area contributed by atoms with Crippen LogP contribution in [0.1, 0.15) is 69.1 Å². The highest BCUT2D eigenvalue weighted by atomic mass is 35.5. The lowest BCUT2D eigenvalue weighted by Gasteiger charge is -2.38. The van der Waals surface area contributed by atoms with Gasteiger partial charge in [-0.15, -0.1) is 0 Å². The highest BCUT2D eigenvalue weighted by Gasteiger charge is 2.29. The number of halogens is 1. The van der Waals surface area contributed by atoms with Crippen LogP contribution in [-0.4, -0.2) is 17.0 Å². The van der Waals surface area contributed by atoms with E-state index in [9.17, 15) is 0 Å². The summed E-state index contributed by atoms with van der Waals surface area (Å²) in [5.41, 5.74) is 7.37. The Kier molecular flexibility index (Phi) is 7.34. The van der Waals surface area contributed by atoms with Gasteiger partial charge in [0.05, 0.1) is 12.8 Å². The van der Waals surface area contributed by atoms with Gasteiger partial charge in [0.15, 0.2) is 0 Å². The van der Waals surface area contributed by atoms with Crippen molar-refractivity contribution < 1.29 is 4.42 Å². The zero-order valence-electron chi connectivity index (χ0n) is 17.4. The van der Waals surface area contributed by atoms with Crippen LogP contribution >= 0.6 is 11.6 Å². The molecule has 2 aliphatic rings. The minimum atomic E-state index is 0.462. The molecule has 3 nitrogen and oxygen atoms in total. The summed E-state index contributed by atoms with van der Waals surface area (Å²) in [4.78, 5) is 2.60. The molecule has 0 radical (unpaired) electrons. The van der Waals surface area contributed by atoms with E-state index in [4.69, 9.17) is 21.8 Å². The smallest absolute Gasteiger partial charge is 0.117 e. The summed E-state index contributed by atoms with van der Waals surface area (Å²) in [6.45, 7) is 1.80. The molecule has 1 aromatic carbocycles. The van der Waals surface area contributed by atoms with E-state index in [1.165, 1.54) is 63.4 Å². The van der Waals surface area contributed by atoms with Crippen LogP contribution in [0.3, 0.4) is 0 Å². The van der Waals surface area contributed by atoms with Crippen LogP contribution in [0.25, 0.3) is 0 Å². The summed E-state index contributed by atoms with van der Waals surface area (Å²) in [5, 5.41) is 0.816. The molecule has 0 unspecified atom stereocenters. The SMILES string of the molecule is NC1CCC(CC2CCC(N(Cc3cccc(Cl)c3)Cc3ccco3)CC2)CC1. The van der Waals surface area contributed by atoms with Crippen LogP contribution < -0.4 is 5.73 Å². The van der Waals surface area contributed by atoms with Gasteiger partial charge in [-0.3, -0.25) is 4.90 Å². The van der Waals surface area contributed by atoms with Crippen molar-refractivity contribution in [3.63, 3.8) is 0 Å². The van der Waals surface area contributed by atoms with Gasteiger partial charge in [-0.1, -0.05) is 23.7 Å². The Morgan fingerprint density at radius 2 is 1.62 bits per heavy atom.